The predicted molar refractivity (Wildman–Crippen MR) is 174 cm³/mol. The summed E-state index contributed by atoms with van der Waals surface area (Å²) in [6.07, 6.45) is -0.387. The number of rotatable bonds is 7. The smallest absolute Gasteiger partial charge is 0.340 e. The summed E-state index contributed by atoms with van der Waals surface area (Å²) in [6, 6.07) is 3.07. The van der Waals surface area contributed by atoms with Crippen molar-refractivity contribution in [1.29, 1.82) is 0 Å². The van der Waals surface area contributed by atoms with Crippen molar-refractivity contribution in [3.63, 3.8) is 0 Å². The summed E-state index contributed by atoms with van der Waals surface area (Å²) in [5.41, 5.74) is -5.08. The van der Waals surface area contributed by atoms with Gasteiger partial charge in [0.15, 0.2) is 23.1 Å². The molecule has 0 spiro atoms. The number of pyridine rings is 1. The van der Waals surface area contributed by atoms with Crippen LogP contribution in [-0.4, -0.2) is 82.2 Å². The lowest BCUT2D eigenvalue weighted by Gasteiger charge is -2.42. The number of hydrogen-bond acceptors (Lipinski definition) is 14. The summed E-state index contributed by atoms with van der Waals surface area (Å²) in [6.45, 7) is 16.0. The molecule has 2 aliphatic carbocycles. The third-order valence-corrected chi connectivity index (χ3v) is 8.83. The van der Waals surface area contributed by atoms with E-state index in [2.05, 4.69) is 11.6 Å². The molecular weight excluding hydrogens is 654 g/mol. The minimum atomic E-state index is -2.25. The average molecular weight is 700 g/mol. The summed E-state index contributed by atoms with van der Waals surface area (Å²) < 4.78 is 34.9. The number of carbonyl (C=O) groups excluding carboxylic acids is 7. The zero-order valence-electron chi connectivity index (χ0n) is 29.8. The number of hydrogen-bond donors (Lipinski definition) is 0. The molecular formula is C36H45NO13. The van der Waals surface area contributed by atoms with Crippen molar-refractivity contribution < 1.29 is 62.0 Å². The number of ketones is 1. The van der Waals surface area contributed by atoms with Crippen LogP contribution in [0, 0.1) is 17.3 Å². The second-order valence-electron chi connectivity index (χ2n) is 13.5. The summed E-state index contributed by atoms with van der Waals surface area (Å²) in [5.74, 6) is -8.29. The first-order valence-corrected chi connectivity index (χ1v) is 16.1. The van der Waals surface area contributed by atoms with E-state index in [9.17, 15) is 33.6 Å². The van der Waals surface area contributed by atoms with E-state index in [4.69, 9.17) is 28.4 Å². The third-order valence-electron chi connectivity index (χ3n) is 8.83. The number of Topliss-reactive ketones (excluding diaryl/α,β-unsaturated/α-hetero) is 1. The predicted octanol–water partition coefficient (Wildman–Crippen LogP) is 3.79. The highest BCUT2D eigenvalue weighted by Crippen LogP contribution is 2.54. The number of ether oxygens (including phenoxy) is 6. The lowest BCUT2D eigenvalue weighted by atomic mass is 9.72. The molecule has 1 aromatic heterocycles. The average Bonchev–Trinajstić information content (AvgIpc) is 3.22. The lowest BCUT2D eigenvalue weighted by Crippen LogP contribution is -2.57. The van der Waals surface area contributed by atoms with E-state index in [0.717, 1.165) is 34.6 Å². The van der Waals surface area contributed by atoms with Gasteiger partial charge in [0, 0.05) is 76.8 Å². The molecule has 50 heavy (non-hydrogen) atoms. The normalized spacial score (nSPS) is 31.4. The zero-order chi connectivity index (χ0) is 37.8. The van der Waals surface area contributed by atoms with E-state index in [-0.39, 0.29) is 17.6 Å². The highest BCUT2D eigenvalue weighted by molar-refractivity contribution is 5.94. The molecule has 272 valence electrons. The van der Waals surface area contributed by atoms with Gasteiger partial charge in [0.25, 0.3) is 0 Å². The number of fused-ring (bicyclic) bond motifs is 1. The van der Waals surface area contributed by atoms with Gasteiger partial charge in [0.1, 0.15) is 18.3 Å². The van der Waals surface area contributed by atoms with Crippen LogP contribution in [0.3, 0.4) is 0 Å². The van der Waals surface area contributed by atoms with E-state index in [1.54, 1.807) is 32.9 Å². The molecule has 1 fully saturated rings. The van der Waals surface area contributed by atoms with Crippen molar-refractivity contribution in [3.8, 4) is 0 Å². The Morgan fingerprint density at radius 2 is 1.44 bits per heavy atom. The molecule has 8 unspecified atom stereocenters. The molecule has 14 heteroatoms. The minimum Gasteiger partial charge on any atom is -0.458 e. The maximum absolute atomic E-state index is 14.8. The molecule has 0 aromatic carbocycles. The van der Waals surface area contributed by atoms with E-state index >= 15 is 0 Å². The van der Waals surface area contributed by atoms with Crippen molar-refractivity contribution in [1.82, 2.24) is 4.98 Å². The largest absolute Gasteiger partial charge is 0.458 e. The Kier molecular flexibility index (Phi) is 12.1. The quantitative estimate of drug-likeness (QED) is 0.227. The Morgan fingerprint density at radius 1 is 0.840 bits per heavy atom. The van der Waals surface area contributed by atoms with Crippen LogP contribution in [0.4, 0.5) is 0 Å². The fourth-order valence-corrected chi connectivity index (χ4v) is 6.80. The van der Waals surface area contributed by atoms with Crippen LogP contribution in [0.25, 0.3) is 0 Å². The van der Waals surface area contributed by atoms with Crippen LogP contribution in [0.1, 0.15) is 85.5 Å². The third kappa shape index (κ3) is 8.82. The number of esters is 6. The Hall–Kier alpha value is -4.88. The number of allylic oxidation sites excluding steroid dienone is 1. The van der Waals surface area contributed by atoms with Gasteiger partial charge in [-0.25, -0.2) is 4.79 Å². The number of nitrogens with zero attached hydrogens (tertiary/aromatic N) is 1. The van der Waals surface area contributed by atoms with Crippen molar-refractivity contribution in [2.45, 2.75) is 111 Å². The first kappa shape index (κ1) is 39.6. The molecule has 0 radical (unpaired) electrons. The topological polar surface area (TPSA) is 188 Å². The Balaban J connectivity index is 2.41. The van der Waals surface area contributed by atoms with E-state index in [1.165, 1.54) is 31.5 Å². The summed E-state index contributed by atoms with van der Waals surface area (Å²) in [4.78, 5) is 95.5. The standard InChI is InChI=1S/C36H45NO13/c1-19-13-14-34(8,9)28(48-33(44)26-12-11-15-37-17-26)16-27(45-21(3)38)20(2)30(46-22(4)39)29-32(47-23(5)40)35(10,49-24(6)41)18-36(29,31(19)43)50-25(7)42/h11-15,17,19,27-30,32H,2,16,18H2,1,3-10H3/b14-13-. The van der Waals surface area contributed by atoms with Gasteiger partial charge in [-0.1, -0.05) is 39.5 Å². The van der Waals surface area contributed by atoms with E-state index < -0.39 is 101 Å². The second-order valence-corrected chi connectivity index (χ2v) is 13.5. The molecule has 0 amide bonds. The molecule has 2 aliphatic rings. The fraction of sp³-hybridized carbons (Fsp3) is 0.556. The van der Waals surface area contributed by atoms with Gasteiger partial charge in [-0.2, -0.15) is 0 Å². The van der Waals surface area contributed by atoms with Crippen LogP contribution in [-0.2, 0) is 57.2 Å². The molecule has 0 aliphatic heterocycles. The maximum atomic E-state index is 14.8. The molecule has 0 saturated heterocycles. The van der Waals surface area contributed by atoms with Crippen LogP contribution in [0.2, 0.25) is 0 Å². The number of aromatic nitrogens is 1. The van der Waals surface area contributed by atoms with Gasteiger partial charge in [0.05, 0.1) is 11.5 Å². The summed E-state index contributed by atoms with van der Waals surface area (Å²) in [7, 11) is 0. The zero-order valence-corrected chi connectivity index (χ0v) is 29.8. The van der Waals surface area contributed by atoms with Crippen molar-refractivity contribution in [2.24, 2.45) is 17.3 Å². The summed E-state index contributed by atoms with van der Waals surface area (Å²) in [5, 5.41) is 0. The van der Waals surface area contributed by atoms with Crippen LogP contribution < -0.4 is 0 Å². The molecule has 0 bridgehead atoms. The van der Waals surface area contributed by atoms with E-state index in [0.29, 0.717) is 0 Å². The van der Waals surface area contributed by atoms with Crippen LogP contribution >= 0.6 is 0 Å². The molecule has 3 rings (SSSR count). The van der Waals surface area contributed by atoms with Gasteiger partial charge in [-0.15, -0.1) is 0 Å². The summed E-state index contributed by atoms with van der Waals surface area (Å²) >= 11 is 0. The van der Waals surface area contributed by atoms with Gasteiger partial charge < -0.3 is 28.4 Å². The first-order chi connectivity index (χ1) is 23.1. The molecule has 1 aromatic rings. The van der Waals surface area contributed by atoms with Gasteiger partial charge in [-0.05, 0) is 19.1 Å². The first-order valence-electron chi connectivity index (χ1n) is 16.1. The molecule has 14 nitrogen and oxygen atoms in total. The van der Waals surface area contributed by atoms with Crippen molar-refractivity contribution in [2.75, 3.05) is 0 Å². The highest BCUT2D eigenvalue weighted by Gasteiger charge is 2.71. The lowest BCUT2D eigenvalue weighted by molar-refractivity contribution is -0.190. The van der Waals surface area contributed by atoms with Gasteiger partial charge in [-0.3, -0.25) is 33.8 Å². The Bertz CT molecular complexity index is 1570. The highest BCUT2D eigenvalue weighted by atomic mass is 16.6. The van der Waals surface area contributed by atoms with Gasteiger partial charge in [0.2, 0.25) is 0 Å². The maximum Gasteiger partial charge on any atom is 0.340 e. The molecule has 8 atom stereocenters. The second kappa shape index (κ2) is 15.3. The van der Waals surface area contributed by atoms with Gasteiger partial charge >= 0.3 is 35.8 Å². The van der Waals surface area contributed by atoms with Crippen molar-refractivity contribution >= 4 is 41.6 Å². The molecule has 1 saturated carbocycles. The number of carbonyl (C=O) groups is 7. The molecule has 1 heterocycles. The van der Waals surface area contributed by atoms with Crippen LogP contribution in [0.5, 0.6) is 0 Å². The fourth-order valence-electron chi connectivity index (χ4n) is 6.80. The Labute approximate surface area is 290 Å². The van der Waals surface area contributed by atoms with E-state index in [1.807, 2.05) is 0 Å². The van der Waals surface area contributed by atoms with Crippen molar-refractivity contribution in [3.05, 3.63) is 54.4 Å². The van der Waals surface area contributed by atoms with Crippen LogP contribution in [0.15, 0.2) is 48.8 Å². The SMILES string of the molecule is C=C1C(OC(C)=O)CC(OC(=O)c2cccnc2)C(C)(C)/C=C\C(C)C(=O)C2(OC(C)=O)CC(C)(OC(C)=O)C(OC(C)=O)C2C1OC(C)=O. The minimum absolute atomic E-state index is 0.121. The molecule has 0 N–H and O–H groups in total. The Morgan fingerprint density at radius 3 is 1.96 bits per heavy atom. The monoisotopic (exact) mass is 699 g/mol.